The van der Waals surface area contributed by atoms with E-state index in [0.29, 0.717) is 0 Å². The van der Waals surface area contributed by atoms with Crippen molar-refractivity contribution in [2.45, 2.75) is 6.92 Å². The van der Waals surface area contributed by atoms with E-state index in [-0.39, 0.29) is 58.0 Å². The summed E-state index contributed by atoms with van der Waals surface area (Å²) in [6.07, 6.45) is 0. The molecule has 4 N–H and O–H groups in total. The van der Waals surface area contributed by atoms with E-state index in [1.54, 1.807) is 6.92 Å². The molecule has 0 fully saturated rings. The van der Waals surface area contributed by atoms with Crippen molar-refractivity contribution in [1.82, 2.24) is 0 Å². The molecule has 0 unspecified atom stereocenters. The van der Waals surface area contributed by atoms with Gasteiger partial charge in [0, 0.05) is 6.61 Å². The molecule has 0 saturated carbocycles. The summed E-state index contributed by atoms with van der Waals surface area (Å²) in [6.45, 7) is 1.93. The Morgan fingerprint density at radius 2 is 1.25 bits per heavy atom. The maximum atomic E-state index is 7.57. The topological polar surface area (TPSA) is 80.9 Å². The Balaban J connectivity index is -0.0000000575. The Kier molecular flexibility index (Phi) is 32.2. The Morgan fingerprint density at radius 3 is 1.25 bits per heavy atom. The van der Waals surface area contributed by atoms with Gasteiger partial charge in [-0.2, -0.15) is 0 Å². The Hall–Kier alpha value is 1.54. The Morgan fingerprint density at radius 1 is 1.25 bits per heavy atom. The first-order valence-electron chi connectivity index (χ1n) is 1.80. The number of hydrogen-bond acceptors (Lipinski definition) is 4. The van der Waals surface area contributed by atoms with Crippen LogP contribution in [0.5, 0.6) is 0 Å². The average molecular weight is 148 g/mol. The monoisotopic (exact) mass is 148 g/mol. The molecule has 0 atom stereocenters. The molecule has 0 aromatic rings. The number of aliphatic hydroxyl groups excluding tert-OH is 1. The molecular weight excluding hydrogens is 138 g/mol. The molecule has 0 aliphatic rings. The van der Waals surface area contributed by atoms with E-state index in [9.17, 15) is 0 Å². The van der Waals surface area contributed by atoms with Crippen LogP contribution in [0, 0.1) is 0 Å². The molecule has 0 spiro atoms. The van der Waals surface area contributed by atoms with Crippen molar-refractivity contribution in [3.05, 3.63) is 0 Å². The van der Waals surface area contributed by atoms with E-state index >= 15 is 0 Å². The van der Waals surface area contributed by atoms with Gasteiger partial charge in [-0.05, 0) is 6.92 Å². The van der Waals surface area contributed by atoms with Crippen molar-refractivity contribution < 1.29 is 20.2 Å². The van der Waals surface area contributed by atoms with E-state index in [4.69, 9.17) is 20.2 Å². The predicted molar refractivity (Wildman–Crippen MR) is 32.3 cm³/mol. The molecule has 0 bridgehead atoms. The molecular formula is C2H10BKO4. The summed E-state index contributed by atoms with van der Waals surface area (Å²) in [4.78, 5) is 0. The van der Waals surface area contributed by atoms with Crippen LogP contribution >= 0.6 is 0 Å². The second kappa shape index (κ2) is 15.8. The fourth-order valence-electron chi connectivity index (χ4n) is 0. The van der Waals surface area contributed by atoms with Crippen LogP contribution in [0.2, 0.25) is 0 Å². The Bertz CT molecular complexity index is 25.2. The van der Waals surface area contributed by atoms with Gasteiger partial charge in [0.25, 0.3) is 0 Å². The van der Waals surface area contributed by atoms with Gasteiger partial charge in [0.2, 0.25) is 0 Å². The van der Waals surface area contributed by atoms with Crippen LogP contribution in [0.4, 0.5) is 0 Å². The van der Waals surface area contributed by atoms with E-state index in [1.807, 2.05) is 0 Å². The van der Waals surface area contributed by atoms with Crippen LogP contribution in [0.25, 0.3) is 0 Å². The van der Waals surface area contributed by atoms with Gasteiger partial charge in [-0.3, -0.25) is 0 Å². The van der Waals surface area contributed by atoms with Gasteiger partial charge < -0.3 is 20.2 Å². The van der Waals surface area contributed by atoms with E-state index in [2.05, 4.69) is 0 Å². The van der Waals surface area contributed by atoms with Gasteiger partial charge in [-0.25, -0.2) is 0 Å². The molecule has 0 aromatic heterocycles. The third-order valence-electron chi connectivity index (χ3n) is 0. The van der Waals surface area contributed by atoms with Crippen molar-refractivity contribution in [2.75, 3.05) is 6.61 Å². The number of hydrogen-bond donors (Lipinski definition) is 4. The summed E-state index contributed by atoms with van der Waals surface area (Å²) >= 11 is 0. The maximum absolute atomic E-state index is 7.57. The summed E-state index contributed by atoms with van der Waals surface area (Å²) in [6, 6.07) is 0. The molecule has 0 radical (unpaired) electrons. The van der Waals surface area contributed by atoms with Crippen LogP contribution in [0.15, 0.2) is 0 Å². The summed E-state index contributed by atoms with van der Waals surface area (Å²) in [5, 5.41) is 29.1. The van der Waals surface area contributed by atoms with Gasteiger partial charge in [0.15, 0.2) is 0 Å². The van der Waals surface area contributed by atoms with Gasteiger partial charge >= 0.3 is 58.7 Å². The summed E-state index contributed by atoms with van der Waals surface area (Å²) in [7, 11) is -2.17. The molecule has 0 aliphatic carbocycles. The average Bonchev–Trinajstić information content (AvgIpc) is 1.33. The van der Waals surface area contributed by atoms with E-state index < -0.39 is 7.32 Å². The van der Waals surface area contributed by atoms with Crippen LogP contribution in [-0.2, 0) is 0 Å². The summed E-state index contributed by atoms with van der Waals surface area (Å²) in [5.74, 6) is 0. The van der Waals surface area contributed by atoms with Crippen molar-refractivity contribution in [2.24, 2.45) is 0 Å². The molecule has 6 heteroatoms. The number of rotatable bonds is 0. The van der Waals surface area contributed by atoms with E-state index in [0.717, 1.165) is 0 Å². The molecule has 0 amide bonds. The molecule has 4 nitrogen and oxygen atoms in total. The third-order valence-corrected chi connectivity index (χ3v) is 0. The molecule has 8 heavy (non-hydrogen) atoms. The minimum absolute atomic E-state index is 0. The third kappa shape index (κ3) is 136. The second-order valence-corrected chi connectivity index (χ2v) is 0.663. The van der Waals surface area contributed by atoms with Crippen LogP contribution < -0.4 is 0 Å². The first-order chi connectivity index (χ1) is 3.15. The molecule has 0 rings (SSSR count). The molecule has 0 heterocycles. The van der Waals surface area contributed by atoms with Gasteiger partial charge in [-0.1, -0.05) is 0 Å². The first-order valence-corrected chi connectivity index (χ1v) is 1.80. The summed E-state index contributed by atoms with van der Waals surface area (Å²) in [5.41, 5.74) is 0. The zero-order valence-electron chi connectivity index (χ0n) is 4.07. The fraction of sp³-hybridized carbons (Fsp3) is 1.00. The minimum atomic E-state index is -2.17. The predicted octanol–water partition coefficient (Wildman–Crippen LogP) is -2.70. The summed E-state index contributed by atoms with van der Waals surface area (Å²) < 4.78 is 0. The normalized spacial score (nSPS) is 5.62. The zero-order chi connectivity index (χ0) is 6.28. The van der Waals surface area contributed by atoms with E-state index in [1.165, 1.54) is 0 Å². The van der Waals surface area contributed by atoms with Crippen molar-refractivity contribution in [3.63, 3.8) is 0 Å². The fourth-order valence-corrected chi connectivity index (χ4v) is 0. The molecule has 46 valence electrons. The van der Waals surface area contributed by atoms with Gasteiger partial charge in [0.1, 0.15) is 0 Å². The van der Waals surface area contributed by atoms with Gasteiger partial charge in [-0.15, -0.1) is 0 Å². The standard InChI is InChI=1S/C2H6O.BH3O3.K.H/c1-2-3;2-1(3)4;;/h3H,2H2,1H3;2-4H;;. The second-order valence-electron chi connectivity index (χ2n) is 0.663. The van der Waals surface area contributed by atoms with Gasteiger partial charge in [0.05, 0.1) is 0 Å². The Labute approximate surface area is 91.1 Å². The SMILES string of the molecule is CCO.OB(O)O.[KH]. The van der Waals surface area contributed by atoms with Crippen LogP contribution in [-0.4, -0.2) is 85.5 Å². The number of aliphatic hydroxyl groups is 1. The van der Waals surface area contributed by atoms with Crippen LogP contribution in [0.1, 0.15) is 6.92 Å². The molecule has 0 saturated heterocycles. The van der Waals surface area contributed by atoms with Crippen LogP contribution in [0.3, 0.4) is 0 Å². The zero-order valence-corrected chi connectivity index (χ0v) is 4.07. The molecule has 0 aromatic carbocycles. The van der Waals surface area contributed by atoms with Crippen molar-refractivity contribution in [1.29, 1.82) is 0 Å². The first kappa shape index (κ1) is 16.3. The molecule has 0 aliphatic heterocycles. The quantitative estimate of drug-likeness (QED) is 0.282. The van der Waals surface area contributed by atoms with Crippen molar-refractivity contribution >= 4 is 58.7 Å². The van der Waals surface area contributed by atoms with Crippen molar-refractivity contribution in [3.8, 4) is 0 Å².